The first-order valence-corrected chi connectivity index (χ1v) is 4.76. The highest BCUT2D eigenvalue weighted by Gasteiger charge is 2.32. The average molecular weight is 181 g/mol. The average Bonchev–Trinajstić information content (AvgIpc) is 2.54. The molecule has 1 fully saturated rings. The van der Waals surface area contributed by atoms with Crippen LogP contribution in [0.4, 0.5) is 0 Å². The first kappa shape index (κ1) is 8.69. The van der Waals surface area contributed by atoms with Gasteiger partial charge >= 0.3 is 0 Å². The summed E-state index contributed by atoms with van der Waals surface area (Å²) in [4.78, 5) is 4.27. The Morgan fingerprint density at radius 1 is 1.46 bits per heavy atom. The molecule has 0 saturated carbocycles. The fraction of sp³-hybridized carbons (Fsp3) is 0.778. The molecule has 1 aliphatic heterocycles. The van der Waals surface area contributed by atoms with E-state index in [2.05, 4.69) is 22.4 Å². The zero-order valence-corrected chi connectivity index (χ0v) is 8.13. The van der Waals surface area contributed by atoms with Crippen molar-refractivity contribution in [3.05, 3.63) is 11.7 Å². The van der Waals surface area contributed by atoms with Gasteiger partial charge in [-0.3, -0.25) is 0 Å². The minimum atomic E-state index is -0.0734. The second-order valence-electron chi connectivity index (χ2n) is 3.85. The van der Waals surface area contributed by atoms with E-state index in [-0.39, 0.29) is 5.54 Å². The summed E-state index contributed by atoms with van der Waals surface area (Å²) in [5.74, 6) is 1.44. The van der Waals surface area contributed by atoms with Crippen molar-refractivity contribution in [2.75, 3.05) is 6.54 Å². The van der Waals surface area contributed by atoms with Gasteiger partial charge in [0.05, 0.1) is 5.54 Å². The van der Waals surface area contributed by atoms with Crippen LogP contribution in [0.2, 0.25) is 0 Å². The van der Waals surface area contributed by atoms with Gasteiger partial charge in [0.2, 0.25) is 5.89 Å². The van der Waals surface area contributed by atoms with Crippen molar-refractivity contribution in [1.29, 1.82) is 0 Å². The number of aryl methyl sites for hydroxylation is 1. The first-order valence-electron chi connectivity index (χ1n) is 4.76. The lowest BCUT2D eigenvalue weighted by atomic mass is 9.90. The number of nitrogens with zero attached hydrogens (tertiary/aromatic N) is 2. The van der Waals surface area contributed by atoms with E-state index in [1.807, 2.05) is 6.92 Å². The molecule has 13 heavy (non-hydrogen) atoms. The van der Waals surface area contributed by atoms with E-state index < -0.39 is 0 Å². The van der Waals surface area contributed by atoms with Crippen molar-refractivity contribution in [2.45, 2.75) is 38.6 Å². The van der Waals surface area contributed by atoms with Crippen molar-refractivity contribution >= 4 is 0 Å². The summed E-state index contributed by atoms with van der Waals surface area (Å²) in [6, 6.07) is 0. The van der Waals surface area contributed by atoms with Crippen molar-refractivity contribution in [3.63, 3.8) is 0 Å². The summed E-state index contributed by atoms with van der Waals surface area (Å²) < 4.78 is 4.98. The maximum atomic E-state index is 4.98. The van der Waals surface area contributed by atoms with E-state index in [4.69, 9.17) is 4.52 Å². The van der Waals surface area contributed by atoms with Gasteiger partial charge in [0.15, 0.2) is 5.82 Å². The second-order valence-corrected chi connectivity index (χ2v) is 3.85. The molecule has 1 saturated heterocycles. The Morgan fingerprint density at radius 3 is 2.85 bits per heavy atom. The molecule has 4 nitrogen and oxygen atoms in total. The summed E-state index contributed by atoms with van der Waals surface area (Å²) in [6.45, 7) is 5.00. The maximum Gasteiger partial charge on any atom is 0.223 e. The van der Waals surface area contributed by atoms with E-state index in [0.717, 1.165) is 18.8 Å². The molecule has 72 valence electrons. The van der Waals surface area contributed by atoms with Gasteiger partial charge in [-0.25, -0.2) is 0 Å². The molecule has 0 radical (unpaired) electrons. The molecule has 1 atom stereocenters. The lowest BCUT2D eigenvalue weighted by Gasteiger charge is -2.31. The van der Waals surface area contributed by atoms with Crippen LogP contribution in [0.3, 0.4) is 0 Å². The molecule has 0 amide bonds. The summed E-state index contributed by atoms with van der Waals surface area (Å²) in [6.07, 6.45) is 3.56. The van der Waals surface area contributed by atoms with E-state index >= 15 is 0 Å². The Bertz CT molecular complexity index is 289. The Hall–Kier alpha value is -0.900. The largest absolute Gasteiger partial charge is 0.340 e. The van der Waals surface area contributed by atoms with E-state index in [0.29, 0.717) is 5.89 Å². The van der Waals surface area contributed by atoms with Crippen molar-refractivity contribution in [3.8, 4) is 0 Å². The number of hydrogen-bond donors (Lipinski definition) is 1. The van der Waals surface area contributed by atoms with Gasteiger partial charge in [-0.2, -0.15) is 4.98 Å². The van der Waals surface area contributed by atoms with Crippen molar-refractivity contribution in [2.24, 2.45) is 0 Å². The van der Waals surface area contributed by atoms with Crippen molar-refractivity contribution < 1.29 is 4.52 Å². The summed E-state index contributed by atoms with van der Waals surface area (Å²) in [7, 11) is 0. The monoisotopic (exact) mass is 181 g/mol. The Labute approximate surface area is 77.7 Å². The standard InChI is InChI=1S/C9H15N3O/c1-7-11-8(12-13-7)9(2)5-3-4-6-10-9/h10H,3-6H2,1-2H3. The third-order valence-electron chi connectivity index (χ3n) is 2.64. The van der Waals surface area contributed by atoms with Gasteiger partial charge in [-0.15, -0.1) is 0 Å². The zero-order valence-electron chi connectivity index (χ0n) is 8.13. The molecule has 0 aliphatic carbocycles. The van der Waals surface area contributed by atoms with E-state index in [1.54, 1.807) is 0 Å². The fourth-order valence-electron chi connectivity index (χ4n) is 1.77. The molecule has 0 bridgehead atoms. The Morgan fingerprint density at radius 2 is 2.31 bits per heavy atom. The number of aromatic nitrogens is 2. The normalized spacial score (nSPS) is 29.1. The van der Waals surface area contributed by atoms with Crippen LogP contribution in [0.15, 0.2) is 4.52 Å². The number of piperidine rings is 1. The lowest BCUT2D eigenvalue weighted by molar-refractivity contribution is 0.257. The molecular weight excluding hydrogens is 166 g/mol. The van der Waals surface area contributed by atoms with E-state index in [1.165, 1.54) is 12.8 Å². The second kappa shape index (κ2) is 3.10. The Kier molecular flexibility index (Phi) is 2.07. The highest BCUT2D eigenvalue weighted by atomic mass is 16.5. The minimum absolute atomic E-state index is 0.0734. The predicted molar refractivity (Wildman–Crippen MR) is 48.2 cm³/mol. The summed E-state index contributed by atoms with van der Waals surface area (Å²) >= 11 is 0. The smallest absolute Gasteiger partial charge is 0.223 e. The molecular formula is C9H15N3O. The number of hydrogen-bond acceptors (Lipinski definition) is 4. The zero-order chi connectivity index (χ0) is 9.31. The molecule has 1 aromatic heterocycles. The molecule has 2 rings (SSSR count). The summed E-state index contributed by atoms with van der Waals surface area (Å²) in [5, 5.41) is 7.40. The van der Waals surface area contributed by atoms with Gasteiger partial charge in [0.1, 0.15) is 0 Å². The molecule has 4 heteroatoms. The molecule has 1 aliphatic rings. The number of rotatable bonds is 1. The van der Waals surface area contributed by atoms with E-state index in [9.17, 15) is 0 Å². The number of nitrogens with one attached hydrogen (secondary N) is 1. The third kappa shape index (κ3) is 1.58. The Balaban J connectivity index is 2.22. The fourth-order valence-corrected chi connectivity index (χ4v) is 1.77. The van der Waals surface area contributed by atoms with Gasteiger partial charge in [0.25, 0.3) is 0 Å². The molecule has 1 unspecified atom stereocenters. The lowest BCUT2D eigenvalue weighted by Crippen LogP contribution is -2.44. The molecule has 2 heterocycles. The van der Waals surface area contributed by atoms with Crippen LogP contribution in [0, 0.1) is 6.92 Å². The molecule has 0 aromatic carbocycles. The van der Waals surface area contributed by atoms with Gasteiger partial charge in [0, 0.05) is 6.92 Å². The quantitative estimate of drug-likeness (QED) is 0.710. The SMILES string of the molecule is Cc1nc(C2(C)CCCCN2)no1. The minimum Gasteiger partial charge on any atom is -0.340 e. The molecule has 0 spiro atoms. The predicted octanol–water partition coefficient (Wildman–Crippen LogP) is 1.37. The van der Waals surface area contributed by atoms with Crippen LogP contribution >= 0.6 is 0 Å². The van der Waals surface area contributed by atoms with Crippen molar-refractivity contribution in [1.82, 2.24) is 15.5 Å². The van der Waals surface area contributed by atoms with Crippen LogP contribution in [-0.2, 0) is 5.54 Å². The van der Waals surface area contributed by atoms with Gasteiger partial charge in [-0.05, 0) is 32.7 Å². The van der Waals surface area contributed by atoms with Crippen LogP contribution in [0.1, 0.15) is 37.9 Å². The maximum absolute atomic E-state index is 4.98. The van der Waals surface area contributed by atoms with Crippen LogP contribution in [0.5, 0.6) is 0 Å². The highest BCUT2D eigenvalue weighted by Crippen LogP contribution is 2.27. The first-order chi connectivity index (χ1) is 6.21. The van der Waals surface area contributed by atoms with Crippen LogP contribution < -0.4 is 5.32 Å². The van der Waals surface area contributed by atoms with Gasteiger partial charge < -0.3 is 9.84 Å². The molecule has 1 N–H and O–H groups in total. The van der Waals surface area contributed by atoms with Crippen LogP contribution in [-0.4, -0.2) is 16.7 Å². The summed E-state index contributed by atoms with van der Waals surface area (Å²) in [5.41, 5.74) is -0.0734. The van der Waals surface area contributed by atoms with Gasteiger partial charge in [-0.1, -0.05) is 5.16 Å². The topological polar surface area (TPSA) is 51.0 Å². The van der Waals surface area contributed by atoms with Crippen LogP contribution in [0.25, 0.3) is 0 Å². The third-order valence-corrected chi connectivity index (χ3v) is 2.64. The molecule has 1 aromatic rings. The highest BCUT2D eigenvalue weighted by molar-refractivity contribution is 5.04.